The topological polar surface area (TPSA) is 44.5 Å². The zero-order valence-corrected chi connectivity index (χ0v) is 13.0. The van der Waals surface area contributed by atoms with E-state index in [0.717, 1.165) is 26.9 Å². The van der Waals surface area contributed by atoms with Crippen molar-refractivity contribution in [2.24, 2.45) is 5.73 Å². The number of aryl methyl sites for hydroxylation is 1. The molecule has 0 heterocycles. The van der Waals surface area contributed by atoms with Crippen LogP contribution in [0.25, 0.3) is 0 Å². The van der Waals surface area contributed by atoms with Gasteiger partial charge in [0.15, 0.2) is 6.79 Å². The Morgan fingerprint density at radius 3 is 2.60 bits per heavy atom. The molecule has 0 bridgehead atoms. The Labute approximate surface area is 127 Å². The van der Waals surface area contributed by atoms with E-state index in [0.29, 0.717) is 13.2 Å². The molecular weight excluding hydrogens is 318 g/mol. The largest absolute Gasteiger partial charge is 0.467 e. The van der Waals surface area contributed by atoms with Gasteiger partial charge in [0, 0.05) is 16.6 Å². The molecule has 0 unspecified atom stereocenters. The van der Waals surface area contributed by atoms with Crippen LogP contribution >= 0.6 is 15.9 Å². The molecule has 0 aromatic heterocycles. The molecular formula is C16H18BrNO2. The Morgan fingerprint density at radius 1 is 1.15 bits per heavy atom. The minimum Gasteiger partial charge on any atom is -0.467 e. The summed E-state index contributed by atoms with van der Waals surface area (Å²) in [7, 11) is 0. The third-order valence-corrected chi connectivity index (χ3v) is 3.39. The number of hydrogen-bond donors (Lipinski definition) is 1. The van der Waals surface area contributed by atoms with Gasteiger partial charge in [-0.1, -0.05) is 46.3 Å². The van der Waals surface area contributed by atoms with Crippen LogP contribution in [0.3, 0.4) is 0 Å². The quantitative estimate of drug-likeness (QED) is 0.645. The summed E-state index contributed by atoms with van der Waals surface area (Å²) in [5, 5.41) is 0. The van der Waals surface area contributed by atoms with Crippen LogP contribution in [0.5, 0.6) is 5.75 Å². The van der Waals surface area contributed by atoms with Gasteiger partial charge in [-0.2, -0.15) is 0 Å². The van der Waals surface area contributed by atoms with Gasteiger partial charge in [-0.3, -0.25) is 0 Å². The van der Waals surface area contributed by atoms with Gasteiger partial charge in [-0.25, -0.2) is 0 Å². The summed E-state index contributed by atoms with van der Waals surface area (Å²) < 4.78 is 12.3. The summed E-state index contributed by atoms with van der Waals surface area (Å²) in [6, 6.07) is 14.0. The zero-order chi connectivity index (χ0) is 14.4. The molecule has 0 spiro atoms. The molecule has 2 rings (SSSR count). The molecule has 0 aliphatic heterocycles. The lowest BCUT2D eigenvalue weighted by atomic mass is 10.1. The summed E-state index contributed by atoms with van der Waals surface area (Å²) in [6.45, 7) is 3.18. The van der Waals surface area contributed by atoms with Crippen molar-refractivity contribution in [1.82, 2.24) is 0 Å². The van der Waals surface area contributed by atoms with Gasteiger partial charge in [0.2, 0.25) is 0 Å². The average Bonchev–Trinajstić information content (AvgIpc) is 2.45. The van der Waals surface area contributed by atoms with E-state index in [1.807, 2.05) is 49.4 Å². The number of benzene rings is 2. The first kappa shape index (κ1) is 15.0. The Morgan fingerprint density at radius 2 is 1.90 bits per heavy atom. The van der Waals surface area contributed by atoms with Crippen LogP contribution in [0.2, 0.25) is 0 Å². The highest BCUT2D eigenvalue weighted by Crippen LogP contribution is 2.27. The molecule has 2 aromatic carbocycles. The van der Waals surface area contributed by atoms with Crippen LogP contribution in [0, 0.1) is 6.92 Å². The van der Waals surface area contributed by atoms with E-state index in [1.54, 1.807) is 0 Å². The minimum absolute atomic E-state index is 0.213. The number of nitrogens with two attached hydrogens (primary N) is 1. The van der Waals surface area contributed by atoms with Gasteiger partial charge in [0.25, 0.3) is 0 Å². The van der Waals surface area contributed by atoms with Crippen molar-refractivity contribution in [2.75, 3.05) is 6.79 Å². The molecule has 4 heteroatoms. The van der Waals surface area contributed by atoms with Crippen molar-refractivity contribution in [3.63, 3.8) is 0 Å². The van der Waals surface area contributed by atoms with Crippen molar-refractivity contribution in [1.29, 1.82) is 0 Å². The molecule has 0 aliphatic carbocycles. The van der Waals surface area contributed by atoms with Crippen LogP contribution in [0.15, 0.2) is 46.9 Å². The maximum absolute atomic E-state index is 5.74. The van der Waals surface area contributed by atoms with E-state index < -0.39 is 0 Å². The monoisotopic (exact) mass is 335 g/mol. The van der Waals surface area contributed by atoms with Crippen LogP contribution in [0.4, 0.5) is 0 Å². The fraction of sp³-hybridized carbons (Fsp3) is 0.250. The molecule has 2 N–H and O–H groups in total. The fourth-order valence-corrected chi connectivity index (χ4v) is 2.61. The number of hydrogen-bond acceptors (Lipinski definition) is 3. The predicted octanol–water partition coefficient (Wildman–Crippen LogP) is 3.77. The molecule has 0 saturated heterocycles. The first-order chi connectivity index (χ1) is 9.70. The summed E-state index contributed by atoms with van der Waals surface area (Å²) in [5.41, 5.74) is 8.89. The second kappa shape index (κ2) is 7.43. The summed E-state index contributed by atoms with van der Waals surface area (Å²) >= 11 is 3.46. The molecule has 0 amide bonds. The fourth-order valence-electron chi connectivity index (χ4n) is 1.99. The summed E-state index contributed by atoms with van der Waals surface area (Å²) in [5.74, 6) is 0.809. The van der Waals surface area contributed by atoms with Gasteiger partial charge in [0.05, 0.1) is 6.61 Å². The molecule has 2 aromatic rings. The lowest BCUT2D eigenvalue weighted by Gasteiger charge is -2.14. The average molecular weight is 336 g/mol. The van der Waals surface area contributed by atoms with Crippen LogP contribution < -0.4 is 10.5 Å². The number of ether oxygens (including phenoxy) is 2. The van der Waals surface area contributed by atoms with E-state index >= 15 is 0 Å². The molecule has 3 nitrogen and oxygen atoms in total. The van der Waals surface area contributed by atoms with E-state index in [1.165, 1.54) is 0 Å². The van der Waals surface area contributed by atoms with Crippen molar-refractivity contribution in [2.45, 2.75) is 20.1 Å². The molecule has 20 heavy (non-hydrogen) atoms. The summed E-state index contributed by atoms with van der Waals surface area (Å²) in [4.78, 5) is 0. The SMILES string of the molecule is Cc1cc(Br)cc(CN)c1OCOCc1ccccc1. The van der Waals surface area contributed by atoms with Gasteiger partial charge in [-0.15, -0.1) is 0 Å². The maximum Gasteiger partial charge on any atom is 0.189 e. The van der Waals surface area contributed by atoms with Gasteiger partial charge < -0.3 is 15.2 Å². The predicted molar refractivity (Wildman–Crippen MR) is 83.5 cm³/mol. The minimum atomic E-state index is 0.213. The first-order valence-corrected chi connectivity index (χ1v) is 7.23. The molecule has 106 valence electrons. The second-order valence-electron chi connectivity index (χ2n) is 4.51. The Bertz CT molecular complexity index is 558. The Balaban J connectivity index is 1.91. The van der Waals surface area contributed by atoms with Gasteiger partial charge in [0.1, 0.15) is 5.75 Å². The summed E-state index contributed by atoms with van der Waals surface area (Å²) in [6.07, 6.45) is 0. The third-order valence-electron chi connectivity index (χ3n) is 2.93. The molecule has 0 atom stereocenters. The van der Waals surface area contributed by atoms with Gasteiger partial charge >= 0.3 is 0 Å². The van der Waals surface area contributed by atoms with Crippen LogP contribution in [-0.4, -0.2) is 6.79 Å². The van der Waals surface area contributed by atoms with Crippen LogP contribution in [0.1, 0.15) is 16.7 Å². The highest BCUT2D eigenvalue weighted by molar-refractivity contribution is 9.10. The molecule has 0 fully saturated rings. The first-order valence-electron chi connectivity index (χ1n) is 6.44. The molecule has 0 saturated carbocycles. The normalized spacial score (nSPS) is 10.6. The maximum atomic E-state index is 5.74. The highest BCUT2D eigenvalue weighted by atomic mass is 79.9. The van der Waals surface area contributed by atoms with Gasteiger partial charge in [-0.05, 0) is 30.2 Å². The van der Waals surface area contributed by atoms with Crippen LogP contribution in [-0.2, 0) is 17.9 Å². The Kier molecular flexibility index (Phi) is 5.59. The second-order valence-corrected chi connectivity index (χ2v) is 5.43. The van der Waals surface area contributed by atoms with Crippen molar-refractivity contribution in [3.8, 4) is 5.75 Å². The smallest absolute Gasteiger partial charge is 0.189 e. The third kappa shape index (κ3) is 4.07. The molecule has 0 aliphatic rings. The molecule has 0 radical (unpaired) electrons. The van der Waals surface area contributed by atoms with E-state index in [9.17, 15) is 0 Å². The highest BCUT2D eigenvalue weighted by Gasteiger charge is 2.07. The van der Waals surface area contributed by atoms with Crippen molar-refractivity contribution < 1.29 is 9.47 Å². The number of halogens is 1. The van der Waals surface area contributed by atoms with Crippen molar-refractivity contribution in [3.05, 3.63) is 63.6 Å². The van der Waals surface area contributed by atoms with Crippen molar-refractivity contribution >= 4 is 15.9 Å². The van der Waals surface area contributed by atoms with E-state index in [2.05, 4.69) is 15.9 Å². The lowest BCUT2D eigenvalue weighted by Crippen LogP contribution is -2.08. The Hall–Kier alpha value is -1.36. The van der Waals surface area contributed by atoms with E-state index in [4.69, 9.17) is 15.2 Å². The lowest BCUT2D eigenvalue weighted by molar-refractivity contribution is 0.00417. The van der Waals surface area contributed by atoms with E-state index in [-0.39, 0.29) is 6.79 Å². The zero-order valence-electron chi connectivity index (χ0n) is 11.4. The number of rotatable bonds is 6. The standard InChI is InChI=1S/C16H18BrNO2/c1-12-7-15(17)8-14(9-18)16(12)20-11-19-10-13-5-3-2-4-6-13/h2-8H,9-11,18H2,1H3.